The fourth-order valence-electron chi connectivity index (χ4n) is 1.45. The highest BCUT2D eigenvalue weighted by atomic mass is 16.2. The largest absolute Gasteiger partial charge is 0.334 e. The lowest BCUT2D eigenvalue weighted by molar-refractivity contribution is -0.129. The van der Waals surface area contributed by atoms with Crippen molar-refractivity contribution in [2.24, 2.45) is 0 Å². The number of hydrogen-bond donors (Lipinski definition) is 1. The lowest BCUT2D eigenvalue weighted by atomic mass is 10.1. The van der Waals surface area contributed by atoms with Gasteiger partial charge in [0.2, 0.25) is 5.91 Å². The van der Waals surface area contributed by atoms with Crippen LogP contribution in [-0.4, -0.2) is 36.0 Å². The Labute approximate surface area is 73.4 Å². The van der Waals surface area contributed by atoms with Crippen LogP contribution in [0.25, 0.3) is 0 Å². The molecule has 1 saturated heterocycles. The molecule has 68 valence electrons. The summed E-state index contributed by atoms with van der Waals surface area (Å²) in [7, 11) is 0. The molecular weight excluding hydrogens is 152 g/mol. The standard InChI is InChI=1S/C9H16N2O/c1-4-9(12)11-6-7(2)10-5-8(11)3/h4,7-8,10H,1,5-6H2,2-3H3. The Morgan fingerprint density at radius 1 is 1.67 bits per heavy atom. The Morgan fingerprint density at radius 2 is 2.33 bits per heavy atom. The fraction of sp³-hybridized carbons (Fsp3) is 0.667. The maximum Gasteiger partial charge on any atom is 0.246 e. The summed E-state index contributed by atoms with van der Waals surface area (Å²) in [6, 6.07) is 0.678. The molecule has 0 aliphatic carbocycles. The molecule has 1 N–H and O–H groups in total. The van der Waals surface area contributed by atoms with Crippen molar-refractivity contribution >= 4 is 5.91 Å². The van der Waals surface area contributed by atoms with Gasteiger partial charge >= 0.3 is 0 Å². The van der Waals surface area contributed by atoms with Crippen LogP contribution in [0.15, 0.2) is 12.7 Å². The minimum absolute atomic E-state index is 0.0378. The summed E-state index contributed by atoms with van der Waals surface area (Å²) in [6.07, 6.45) is 1.38. The Bertz CT molecular complexity index is 191. The third-order valence-corrected chi connectivity index (χ3v) is 2.22. The van der Waals surface area contributed by atoms with E-state index in [1.807, 2.05) is 11.8 Å². The zero-order valence-corrected chi connectivity index (χ0v) is 7.71. The van der Waals surface area contributed by atoms with Crippen LogP contribution in [-0.2, 0) is 4.79 Å². The topological polar surface area (TPSA) is 32.3 Å². The van der Waals surface area contributed by atoms with Crippen LogP contribution in [0.2, 0.25) is 0 Å². The molecule has 1 aliphatic rings. The molecular formula is C9H16N2O. The molecule has 0 aromatic carbocycles. The zero-order chi connectivity index (χ0) is 9.14. The average Bonchev–Trinajstić information content (AvgIpc) is 2.08. The van der Waals surface area contributed by atoms with Gasteiger partial charge in [0.25, 0.3) is 0 Å². The molecule has 0 aromatic rings. The molecule has 1 rings (SSSR count). The quantitative estimate of drug-likeness (QED) is 0.574. The number of piperazine rings is 1. The first-order valence-electron chi connectivity index (χ1n) is 4.31. The van der Waals surface area contributed by atoms with Gasteiger partial charge in [0, 0.05) is 25.2 Å². The second-order valence-corrected chi connectivity index (χ2v) is 3.35. The van der Waals surface area contributed by atoms with Gasteiger partial charge in [-0.25, -0.2) is 0 Å². The molecule has 0 bridgehead atoms. The van der Waals surface area contributed by atoms with Crippen molar-refractivity contribution in [1.82, 2.24) is 10.2 Å². The smallest absolute Gasteiger partial charge is 0.246 e. The van der Waals surface area contributed by atoms with Gasteiger partial charge in [-0.3, -0.25) is 4.79 Å². The molecule has 2 unspecified atom stereocenters. The van der Waals surface area contributed by atoms with Crippen LogP contribution in [0.5, 0.6) is 0 Å². The number of nitrogens with zero attached hydrogens (tertiary/aromatic N) is 1. The average molecular weight is 168 g/mol. The summed E-state index contributed by atoms with van der Waals surface area (Å²) in [6.45, 7) is 9.26. The summed E-state index contributed by atoms with van der Waals surface area (Å²) >= 11 is 0. The number of hydrogen-bond acceptors (Lipinski definition) is 2. The van der Waals surface area contributed by atoms with Crippen LogP contribution in [0.3, 0.4) is 0 Å². The van der Waals surface area contributed by atoms with Gasteiger partial charge in [0.05, 0.1) is 0 Å². The molecule has 0 radical (unpaired) electrons. The zero-order valence-electron chi connectivity index (χ0n) is 7.71. The molecule has 3 nitrogen and oxygen atoms in total. The third-order valence-electron chi connectivity index (χ3n) is 2.22. The van der Waals surface area contributed by atoms with Crippen molar-refractivity contribution in [3.05, 3.63) is 12.7 Å². The fourth-order valence-corrected chi connectivity index (χ4v) is 1.45. The normalized spacial score (nSPS) is 30.0. The van der Waals surface area contributed by atoms with E-state index in [-0.39, 0.29) is 11.9 Å². The highest BCUT2D eigenvalue weighted by molar-refractivity contribution is 5.87. The Hall–Kier alpha value is -0.830. The number of amides is 1. The van der Waals surface area contributed by atoms with E-state index in [2.05, 4.69) is 18.8 Å². The first-order chi connectivity index (χ1) is 5.65. The summed E-state index contributed by atoms with van der Waals surface area (Å²) in [4.78, 5) is 13.2. The van der Waals surface area contributed by atoms with E-state index in [0.717, 1.165) is 13.1 Å². The van der Waals surface area contributed by atoms with Gasteiger partial charge in [-0.15, -0.1) is 0 Å². The van der Waals surface area contributed by atoms with Crippen LogP contribution >= 0.6 is 0 Å². The summed E-state index contributed by atoms with van der Waals surface area (Å²) in [5.41, 5.74) is 0. The molecule has 2 atom stereocenters. The number of rotatable bonds is 1. The molecule has 12 heavy (non-hydrogen) atoms. The predicted octanol–water partition coefficient (Wildman–Crippen LogP) is 0.381. The second kappa shape index (κ2) is 3.72. The highest BCUT2D eigenvalue weighted by Gasteiger charge is 2.24. The van der Waals surface area contributed by atoms with E-state index in [1.165, 1.54) is 6.08 Å². The van der Waals surface area contributed by atoms with Crippen molar-refractivity contribution in [2.45, 2.75) is 25.9 Å². The van der Waals surface area contributed by atoms with Gasteiger partial charge in [0.1, 0.15) is 0 Å². The van der Waals surface area contributed by atoms with Crippen LogP contribution in [0.4, 0.5) is 0 Å². The Kier molecular flexibility index (Phi) is 2.87. The van der Waals surface area contributed by atoms with Crippen molar-refractivity contribution in [3.8, 4) is 0 Å². The van der Waals surface area contributed by atoms with Gasteiger partial charge in [-0.1, -0.05) is 6.58 Å². The number of nitrogens with one attached hydrogen (secondary N) is 1. The maximum atomic E-state index is 11.3. The minimum Gasteiger partial charge on any atom is -0.334 e. The summed E-state index contributed by atoms with van der Waals surface area (Å²) in [5, 5.41) is 3.31. The van der Waals surface area contributed by atoms with E-state index < -0.39 is 0 Å². The highest BCUT2D eigenvalue weighted by Crippen LogP contribution is 2.06. The van der Waals surface area contributed by atoms with Crippen LogP contribution < -0.4 is 5.32 Å². The maximum absolute atomic E-state index is 11.3. The molecule has 3 heteroatoms. The van der Waals surface area contributed by atoms with Crippen LogP contribution in [0, 0.1) is 0 Å². The molecule has 1 amide bonds. The first-order valence-corrected chi connectivity index (χ1v) is 4.31. The van der Waals surface area contributed by atoms with Crippen molar-refractivity contribution in [1.29, 1.82) is 0 Å². The van der Waals surface area contributed by atoms with E-state index in [0.29, 0.717) is 6.04 Å². The number of carbonyl (C=O) groups excluding carboxylic acids is 1. The van der Waals surface area contributed by atoms with Crippen molar-refractivity contribution < 1.29 is 4.79 Å². The predicted molar refractivity (Wildman–Crippen MR) is 48.8 cm³/mol. The SMILES string of the molecule is C=CC(=O)N1CC(C)NCC1C. The lowest BCUT2D eigenvalue weighted by Gasteiger charge is -2.36. The van der Waals surface area contributed by atoms with Gasteiger partial charge < -0.3 is 10.2 Å². The Balaban J connectivity index is 2.60. The van der Waals surface area contributed by atoms with E-state index in [1.54, 1.807) is 0 Å². The molecule has 1 aliphatic heterocycles. The summed E-state index contributed by atoms with van der Waals surface area (Å²) < 4.78 is 0. The lowest BCUT2D eigenvalue weighted by Crippen LogP contribution is -2.55. The van der Waals surface area contributed by atoms with Crippen LogP contribution in [0.1, 0.15) is 13.8 Å². The van der Waals surface area contributed by atoms with Gasteiger partial charge in [-0.2, -0.15) is 0 Å². The third kappa shape index (κ3) is 1.85. The van der Waals surface area contributed by atoms with Crippen molar-refractivity contribution in [2.75, 3.05) is 13.1 Å². The first kappa shape index (κ1) is 9.26. The molecule has 1 heterocycles. The molecule has 1 fully saturated rings. The van der Waals surface area contributed by atoms with E-state index in [9.17, 15) is 4.79 Å². The monoisotopic (exact) mass is 168 g/mol. The van der Waals surface area contributed by atoms with E-state index in [4.69, 9.17) is 0 Å². The van der Waals surface area contributed by atoms with Crippen molar-refractivity contribution in [3.63, 3.8) is 0 Å². The minimum atomic E-state index is 0.0378. The van der Waals surface area contributed by atoms with Gasteiger partial charge in [0.15, 0.2) is 0 Å². The molecule has 0 spiro atoms. The molecule has 0 aromatic heterocycles. The summed E-state index contributed by atoms with van der Waals surface area (Å²) in [5.74, 6) is 0.0378. The Morgan fingerprint density at radius 3 is 2.92 bits per heavy atom. The van der Waals surface area contributed by atoms with E-state index >= 15 is 0 Å². The van der Waals surface area contributed by atoms with Gasteiger partial charge in [-0.05, 0) is 19.9 Å². The molecule has 0 saturated carbocycles. The second-order valence-electron chi connectivity index (χ2n) is 3.35. The number of carbonyl (C=O) groups is 1.